The van der Waals surface area contributed by atoms with Gasteiger partial charge in [-0.3, -0.25) is 24.3 Å². The predicted molar refractivity (Wildman–Crippen MR) is 145 cm³/mol. The second kappa shape index (κ2) is 9.98. The molecule has 9 heteroatoms. The summed E-state index contributed by atoms with van der Waals surface area (Å²) < 4.78 is 13.8. The number of rotatable bonds is 8. The number of nitrogens with one attached hydrogen (secondary N) is 2. The Morgan fingerprint density at radius 3 is 2.58 bits per heavy atom. The zero-order valence-electron chi connectivity index (χ0n) is 21.9. The van der Waals surface area contributed by atoms with Crippen molar-refractivity contribution < 1.29 is 14.0 Å². The number of aryl methyl sites for hydroxylation is 1. The molecule has 2 aliphatic rings. The first-order valence-corrected chi connectivity index (χ1v) is 12.6. The summed E-state index contributed by atoms with van der Waals surface area (Å²) in [6.07, 6.45) is 2.51. The Labute approximate surface area is 220 Å². The lowest BCUT2D eigenvalue weighted by Crippen LogP contribution is -2.35. The minimum atomic E-state index is -0.320. The van der Waals surface area contributed by atoms with Gasteiger partial charge in [-0.25, -0.2) is 4.39 Å². The van der Waals surface area contributed by atoms with E-state index in [1.807, 2.05) is 32.8 Å². The van der Waals surface area contributed by atoms with E-state index in [2.05, 4.69) is 10.3 Å². The Bertz CT molecular complexity index is 1540. The molecule has 0 unspecified atom stereocenters. The highest BCUT2D eigenvalue weighted by molar-refractivity contribution is 6.22. The molecule has 0 bridgehead atoms. The Morgan fingerprint density at radius 2 is 1.84 bits per heavy atom. The summed E-state index contributed by atoms with van der Waals surface area (Å²) in [7, 11) is 3.78. The molecule has 1 aromatic heterocycles. The Balaban J connectivity index is 1.40. The molecule has 38 heavy (non-hydrogen) atoms. The first kappa shape index (κ1) is 25.5. The van der Waals surface area contributed by atoms with E-state index in [-0.39, 0.29) is 29.2 Å². The molecule has 0 spiro atoms. The first-order valence-electron chi connectivity index (χ1n) is 12.6. The maximum atomic E-state index is 13.8. The van der Waals surface area contributed by atoms with E-state index < -0.39 is 0 Å². The zero-order chi connectivity index (χ0) is 27.1. The molecule has 1 atom stereocenters. The van der Waals surface area contributed by atoms with E-state index in [1.165, 1.54) is 17.0 Å². The Morgan fingerprint density at radius 1 is 1.11 bits per heavy atom. The molecule has 3 aromatic rings. The lowest BCUT2D eigenvalue weighted by Gasteiger charge is -2.19. The third-order valence-corrected chi connectivity index (χ3v) is 7.04. The smallest absolute Gasteiger partial charge is 0.261 e. The number of halogens is 1. The molecule has 0 aliphatic carbocycles. The molecule has 0 saturated heterocycles. The van der Waals surface area contributed by atoms with Gasteiger partial charge in [0, 0.05) is 31.7 Å². The highest BCUT2D eigenvalue weighted by Crippen LogP contribution is 2.36. The van der Waals surface area contributed by atoms with Gasteiger partial charge in [0.25, 0.3) is 17.4 Å². The van der Waals surface area contributed by atoms with Crippen LogP contribution in [-0.4, -0.2) is 65.5 Å². The van der Waals surface area contributed by atoms with E-state index >= 15 is 0 Å². The highest BCUT2D eigenvalue weighted by Gasteiger charge is 2.37. The highest BCUT2D eigenvalue weighted by atomic mass is 19.1. The molecule has 0 radical (unpaired) electrons. The summed E-state index contributed by atoms with van der Waals surface area (Å²) in [4.78, 5) is 49.5. The van der Waals surface area contributed by atoms with Crippen LogP contribution in [0.1, 0.15) is 49.9 Å². The van der Waals surface area contributed by atoms with Crippen molar-refractivity contribution in [3.05, 3.63) is 92.1 Å². The fourth-order valence-electron chi connectivity index (χ4n) is 5.02. The molecule has 3 heterocycles. The topological polar surface area (TPSA) is 97.9 Å². The first-order chi connectivity index (χ1) is 18.1. The summed E-state index contributed by atoms with van der Waals surface area (Å²) in [5.74, 6) is -0.901. The van der Waals surface area contributed by atoms with Gasteiger partial charge < -0.3 is 15.2 Å². The van der Waals surface area contributed by atoms with Crippen molar-refractivity contribution in [2.45, 2.75) is 32.7 Å². The number of hydrogen-bond donors (Lipinski definition) is 2. The third-order valence-electron chi connectivity index (χ3n) is 7.04. The molecular weight excluding hydrogens is 485 g/mol. The molecule has 196 valence electrons. The van der Waals surface area contributed by atoms with Crippen LogP contribution in [0.2, 0.25) is 0 Å². The molecule has 0 saturated carbocycles. The number of imide groups is 1. The average molecular weight is 516 g/mol. The van der Waals surface area contributed by atoms with E-state index in [0.29, 0.717) is 59.7 Å². The zero-order valence-corrected chi connectivity index (χ0v) is 21.9. The lowest BCUT2D eigenvalue weighted by molar-refractivity contribution is 0.0645. The van der Waals surface area contributed by atoms with Gasteiger partial charge in [0.05, 0.1) is 33.8 Å². The van der Waals surface area contributed by atoms with Crippen LogP contribution in [0.25, 0.3) is 0 Å². The second-order valence-corrected chi connectivity index (χ2v) is 10.2. The van der Waals surface area contributed by atoms with Gasteiger partial charge in [0.1, 0.15) is 5.82 Å². The summed E-state index contributed by atoms with van der Waals surface area (Å²) in [5, 5.41) is 3.40. The van der Waals surface area contributed by atoms with Gasteiger partial charge in [-0.2, -0.15) is 0 Å². The van der Waals surface area contributed by atoms with E-state index in [1.54, 1.807) is 30.5 Å². The molecule has 2 N–H and O–H groups in total. The van der Waals surface area contributed by atoms with Crippen molar-refractivity contribution in [2.75, 3.05) is 32.5 Å². The number of aliphatic imine (C=N–C) groups is 1. The van der Waals surface area contributed by atoms with Crippen molar-refractivity contribution in [2.24, 2.45) is 4.99 Å². The minimum absolute atomic E-state index is 0.0902. The van der Waals surface area contributed by atoms with Crippen molar-refractivity contribution in [3.8, 4) is 0 Å². The standard InChI is InChI=1S/C29H30FN5O3/c1-16-5-6-20(30)12-18(16)11-17(2)32-23-7-8-31-27(36)26(23)25-14-19-13-21-22(15-24(19)33-25)29(38)35(28(21)37)10-9-34(3)4/h5-8,12-13,15,17H,9-11,14H2,1-4H3,(H2,31,32,36)/t17-/m0/s1. The molecule has 0 fully saturated rings. The van der Waals surface area contributed by atoms with Crippen LogP contribution >= 0.6 is 0 Å². The number of anilines is 1. The van der Waals surface area contributed by atoms with E-state index in [9.17, 15) is 18.8 Å². The third kappa shape index (κ3) is 4.77. The number of hydrogen-bond acceptors (Lipinski definition) is 6. The monoisotopic (exact) mass is 515 g/mol. The van der Waals surface area contributed by atoms with Gasteiger partial charge >= 0.3 is 0 Å². The number of likely N-dealkylation sites (N-methyl/N-ethyl adjacent to an activating group) is 1. The maximum absolute atomic E-state index is 13.8. The van der Waals surface area contributed by atoms with Crippen LogP contribution in [0.15, 0.2) is 52.4 Å². The SMILES string of the molecule is Cc1ccc(F)cc1C[C@H](C)Nc1cc[nH]c(=O)c1C1=Nc2cc3c(cc2C1)C(=O)N(CCN(C)C)C3=O. The number of H-pyrrole nitrogens is 1. The Hall–Kier alpha value is -4.11. The summed E-state index contributed by atoms with van der Waals surface area (Å²) in [6, 6.07) is 9.83. The van der Waals surface area contributed by atoms with E-state index in [4.69, 9.17) is 4.99 Å². The van der Waals surface area contributed by atoms with Crippen LogP contribution in [-0.2, 0) is 12.8 Å². The largest absolute Gasteiger partial charge is 0.382 e. The fourth-order valence-corrected chi connectivity index (χ4v) is 5.02. The number of pyridine rings is 1. The number of aromatic nitrogens is 1. The Kier molecular flexibility index (Phi) is 6.71. The normalized spacial score (nSPS) is 15.1. The van der Waals surface area contributed by atoms with Gasteiger partial charge in [-0.05, 0) is 81.4 Å². The number of fused-ring (bicyclic) bond motifs is 2. The van der Waals surface area contributed by atoms with Crippen molar-refractivity contribution in [1.82, 2.24) is 14.8 Å². The number of aromatic amines is 1. The van der Waals surface area contributed by atoms with Crippen LogP contribution in [0, 0.1) is 12.7 Å². The molecule has 5 rings (SSSR count). The molecule has 8 nitrogen and oxygen atoms in total. The van der Waals surface area contributed by atoms with Gasteiger partial charge in [0.15, 0.2) is 0 Å². The van der Waals surface area contributed by atoms with Crippen molar-refractivity contribution in [1.29, 1.82) is 0 Å². The second-order valence-electron chi connectivity index (χ2n) is 10.2. The van der Waals surface area contributed by atoms with Crippen molar-refractivity contribution in [3.63, 3.8) is 0 Å². The van der Waals surface area contributed by atoms with Crippen molar-refractivity contribution >= 4 is 28.9 Å². The quantitative estimate of drug-likeness (QED) is 0.446. The summed E-state index contributed by atoms with van der Waals surface area (Å²) in [5.41, 5.74) is 5.31. The number of benzene rings is 2. The summed E-state index contributed by atoms with van der Waals surface area (Å²) in [6.45, 7) is 4.82. The lowest BCUT2D eigenvalue weighted by atomic mass is 9.99. The van der Waals surface area contributed by atoms with Crippen LogP contribution < -0.4 is 10.9 Å². The fraction of sp³-hybridized carbons (Fsp3) is 0.310. The van der Waals surface area contributed by atoms with Gasteiger partial charge in [-0.1, -0.05) is 6.07 Å². The maximum Gasteiger partial charge on any atom is 0.261 e. The molecule has 2 amide bonds. The molecule has 2 aromatic carbocycles. The number of carbonyl (C=O) groups is 2. The average Bonchev–Trinajstić information content (AvgIpc) is 3.36. The molecular formula is C29H30FN5O3. The molecule has 2 aliphatic heterocycles. The van der Waals surface area contributed by atoms with Crippen LogP contribution in [0.4, 0.5) is 15.8 Å². The summed E-state index contributed by atoms with van der Waals surface area (Å²) >= 11 is 0. The predicted octanol–water partition coefficient (Wildman–Crippen LogP) is 3.70. The van der Waals surface area contributed by atoms with Crippen LogP contribution in [0.3, 0.4) is 0 Å². The minimum Gasteiger partial charge on any atom is -0.382 e. The van der Waals surface area contributed by atoms with Gasteiger partial charge in [-0.15, -0.1) is 0 Å². The van der Waals surface area contributed by atoms with Crippen LogP contribution in [0.5, 0.6) is 0 Å². The van der Waals surface area contributed by atoms with Gasteiger partial charge in [0.2, 0.25) is 0 Å². The van der Waals surface area contributed by atoms with E-state index in [0.717, 1.165) is 16.7 Å². The number of carbonyl (C=O) groups excluding carboxylic acids is 2. The number of nitrogens with zero attached hydrogens (tertiary/aromatic N) is 3. The number of amides is 2.